The van der Waals surface area contributed by atoms with Crippen molar-refractivity contribution in [2.24, 2.45) is 9.98 Å². The van der Waals surface area contributed by atoms with Crippen molar-refractivity contribution in [3.8, 4) is 0 Å². The Morgan fingerprint density at radius 1 is 1.50 bits per heavy atom. The molecule has 1 N–H and O–H groups in total. The highest BCUT2D eigenvalue weighted by Gasteiger charge is 2.36. The van der Waals surface area contributed by atoms with Gasteiger partial charge >= 0.3 is 0 Å². The lowest BCUT2D eigenvalue weighted by molar-refractivity contribution is -0.118. The van der Waals surface area contributed by atoms with Gasteiger partial charge in [-0.1, -0.05) is 11.8 Å². The van der Waals surface area contributed by atoms with Crippen LogP contribution in [0.25, 0.3) is 0 Å². The van der Waals surface area contributed by atoms with E-state index in [2.05, 4.69) is 15.3 Å². The Morgan fingerprint density at radius 3 is 2.86 bits per heavy atom. The first-order valence-electron chi connectivity index (χ1n) is 3.94. The number of hydrogen-bond donors (Lipinski definition) is 1. The summed E-state index contributed by atoms with van der Waals surface area (Å²) in [5, 5.41) is 3.15. The molecule has 2 aliphatic rings. The van der Waals surface area contributed by atoms with E-state index in [4.69, 9.17) is 12.2 Å². The molecule has 0 aromatic rings. The number of nitrogens with zero attached hydrogens (tertiary/aromatic N) is 3. The first-order chi connectivity index (χ1) is 6.58. The first kappa shape index (κ1) is 9.60. The van der Waals surface area contributed by atoms with Gasteiger partial charge in [0.15, 0.2) is 16.3 Å². The van der Waals surface area contributed by atoms with Crippen molar-refractivity contribution in [3.05, 3.63) is 0 Å². The van der Waals surface area contributed by atoms with Gasteiger partial charge in [0.05, 0.1) is 0 Å². The van der Waals surface area contributed by atoms with Gasteiger partial charge in [0.2, 0.25) is 11.0 Å². The zero-order valence-electron chi connectivity index (χ0n) is 7.64. The van der Waals surface area contributed by atoms with E-state index in [-0.39, 0.29) is 16.3 Å². The molecular formula is C7H8N4OS2. The Hall–Kier alpha value is -0.950. The number of amides is 1. The largest absolute Gasteiger partial charge is 0.357 e. The monoisotopic (exact) mass is 228 g/mol. The Labute approximate surface area is 90.7 Å². The lowest BCUT2D eigenvalue weighted by Gasteiger charge is -2.14. The maximum absolute atomic E-state index is 11.5. The van der Waals surface area contributed by atoms with Crippen LogP contribution in [0.3, 0.4) is 0 Å². The minimum absolute atomic E-state index is 0.134. The molecule has 0 bridgehead atoms. The Kier molecular flexibility index (Phi) is 2.28. The molecule has 0 aromatic carbocycles. The number of thioether (sulfide) groups is 1. The highest BCUT2D eigenvalue weighted by molar-refractivity contribution is 8.16. The third-order valence-corrected chi connectivity index (χ3v) is 3.26. The van der Waals surface area contributed by atoms with Crippen LogP contribution >= 0.6 is 24.0 Å². The van der Waals surface area contributed by atoms with Crippen LogP contribution in [-0.4, -0.2) is 46.3 Å². The van der Waals surface area contributed by atoms with E-state index >= 15 is 0 Å². The third-order valence-electron chi connectivity index (χ3n) is 1.73. The minimum atomic E-state index is -0.334. The normalized spacial score (nSPS) is 25.1. The molecule has 0 fully saturated rings. The molecule has 1 atom stereocenters. The first-order valence-corrected chi connectivity index (χ1v) is 5.23. The second kappa shape index (κ2) is 3.32. The van der Waals surface area contributed by atoms with Gasteiger partial charge in [-0.2, -0.15) is 0 Å². The van der Waals surface area contributed by atoms with Crippen LogP contribution < -0.4 is 5.32 Å². The molecule has 74 valence electrons. The standard InChI is InChI=1S/C7H8N4OS2/c1-11(2)7-9-4-3(14-7)5(12)10-6(13)8-4/h3H,1-2H3,(H,10,12,13). The van der Waals surface area contributed by atoms with E-state index in [0.29, 0.717) is 5.84 Å². The van der Waals surface area contributed by atoms with Crippen LogP contribution in [0.15, 0.2) is 9.98 Å². The third kappa shape index (κ3) is 1.53. The lowest BCUT2D eigenvalue weighted by Crippen LogP contribution is -2.43. The second-order valence-corrected chi connectivity index (χ2v) is 4.51. The van der Waals surface area contributed by atoms with Crippen LogP contribution in [0, 0.1) is 0 Å². The van der Waals surface area contributed by atoms with E-state index in [0.717, 1.165) is 5.17 Å². The maximum atomic E-state index is 11.5. The zero-order chi connectivity index (χ0) is 10.3. The molecule has 0 saturated carbocycles. The Balaban J connectivity index is 2.32. The molecule has 5 nitrogen and oxygen atoms in total. The summed E-state index contributed by atoms with van der Waals surface area (Å²) in [6.07, 6.45) is 0. The summed E-state index contributed by atoms with van der Waals surface area (Å²) >= 11 is 6.19. The quantitative estimate of drug-likeness (QED) is 0.585. The van der Waals surface area contributed by atoms with Gasteiger partial charge in [0, 0.05) is 14.1 Å². The molecule has 0 radical (unpaired) electrons. The van der Waals surface area contributed by atoms with Crippen molar-refractivity contribution in [2.45, 2.75) is 5.25 Å². The second-order valence-electron chi connectivity index (χ2n) is 3.05. The number of aliphatic imine (C=N–C) groups is 2. The predicted molar refractivity (Wildman–Crippen MR) is 60.7 cm³/mol. The fourth-order valence-corrected chi connectivity index (χ4v) is 2.24. The number of carbonyl (C=O) groups is 1. The lowest BCUT2D eigenvalue weighted by atomic mass is 10.3. The van der Waals surface area contributed by atoms with Gasteiger partial charge in [-0.05, 0) is 12.2 Å². The molecule has 1 amide bonds. The van der Waals surface area contributed by atoms with Crippen molar-refractivity contribution in [1.82, 2.24) is 10.2 Å². The number of hydrogen-bond acceptors (Lipinski definition) is 5. The summed E-state index contributed by atoms with van der Waals surface area (Å²) in [5.74, 6) is 0.373. The average Bonchev–Trinajstić information content (AvgIpc) is 2.47. The Bertz CT molecular complexity index is 374. The van der Waals surface area contributed by atoms with Gasteiger partial charge in [-0.15, -0.1) is 0 Å². The fourth-order valence-electron chi connectivity index (χ4n) is 1.10. The molecule has 2 aliphatic heterocycles. The number of carbonyl (C=O) groups excluding carboxylic acids is 1. The summed E-state index contributed by atoms with van der Waals surface area (Å²) in [5.41, 5.74) is 0. The molecule has 0 aromatic heterocycles. The van der Waals surface area contributed by atoms with Crippen molar-refractivity contribution < 1.29 is 4.79 Å². The fraction of sp³-hybridized carbons (Fsp3) is 0.429. The summed E-state index contributed by atoms with van der Waals surface area (Å²) in [4.78, 5) is 21.5. The minimum Gasteiger partial charge on any atom is -0.357 e. The van der Waals surface area contributed by atoms with E-state index in [1.54, 1.807) is 0 Å². The van der Waals surface area contributed by atoms with Crippen molar-refractivity contribution in [3.63, 3.8) is 0 Å². The topological polar surface area (TPSA) is 57.1 Å². The molecule has 0 aliphatic carbocycles. The number of fused-ring (bicyclic) bond motifs is 1. The van der Waals surface area contributed by atoms with Crippen molar-refractivity contribution in [2.75, 3.05) is 14.1 Å². The molecular weight excluding hydrogens is 220 g/mol. The molecule has 0 saturated heterocycles. The number of thiocarbonyl (C=S) groups is 1. The van der Waals surface area contributed by atoms with Crippen LogP contribution in [-0.2, 0) is 4.79 Å². The van der Waals surface area contributed by atoms with Crippen LogP contribution in [0.4, 0.5) is 0 Å². The van der Waals surface area contributed by atoms with E-state index < -0.39 is 0 Å². The van der Waals surface area contributed by atoms with Gasteiger partial charge in [0.1, 0.15) is 0 Å². The van der Waals surface area contributed by atoms with Gasteiger partial charge < -0.3 is 4.90 Å². The highest BCUT2D eigenvalue weighted by Crippen LogP contribution is 2.26. The molecule has 14 heavy (non-hydrogen) atoms. The highest BCUT2D eigenvalue weighted by atomic mass is 32.2. The smallest absolute Gasteiger partial charge is 0.247 e. The molecule has 1 unspecified atom stereocenters. The number of nitrogens with one attached hydrogen (secondary N) is 1. The summed E-state index contributed by atoms with van der Waals surface area (Å²) in [6, 6.07) is 0. The zero-order valence-corrected chi connectivity index (χ0v) is 9.28. The SMILES string of the molecule is CN(C)C1=NC2=NC(=S)NC(=O)C2S1. The van der Waals surface area contributed by atoms with E-state index in [1.807, 2.05) is 19.0 Å². The van der Waals surface area contributed by atoms with Gasteiger partial charge in [-0.3, -0.25) is 10.1 Å². The molecule has 0 spiro atoms. The van der Waals surface area contributed by atoms with E-state index in [1.165, 1.54) is 11.8 Å². The van der Waals surface area contributed by atoms with Gasteiger partial charge in [0.25, 0.3) is 0 Å². The summed E-state index contributed by atoms with van der Waals surface area (Å²) in [7, 11) is 3.75. The van der Waals surface area contributed by atoms with Crippen molar-refractivity contribution >= 4 is 46.0 Å². The van der Waals surface area contributed by atoms with E-state index in [9.17, 15) is 4.79 Å². The summed E-state index contributed by atoms with van der Waals surface area (Å²) in [6.45, 7) is 0. The molecule has 2 heterocycles. The predicted octanol–water partition coefficient (Wildman–Crippen LogP) is -0.167. The summed E-state index contributed by atoms with van der Waals surface area (Å²) < 4.78 is 0. The van der Waals surface area contributed by atoms with Crippen LogP contribution in [0.1, 0.15) is 0 Å². The van der Waals surface area contributed by atoms with Crippen LogP contribution in [0.2, 0.25) is 0 Å². The Morgan fingerprint density at radius 2 is 2.21 bits per heavy atom. The molecule has 7 heteroatoms. The average molecular weight is 228 g/mol. The maximum Gasteiger partial charge on any atom is 0.247 e. The molecule has 2 rings (SSSR count). The van der Waals surface area contributed by atoms with Crippen LogP contribution in [0.5, 0.6) is 0 Å². The van der Waals surface area contributed by atoms with Crippen molar-refractivity contribution in [1.29, 1.82) is 0 Å². The van der Waals surface area contributed by atoms with Gasteiger partial charge in [-0.25, -0.2) is 9.98 Å². The number of rotatable bonds is 0. The number of amidine groups is 2.